The largest absolute Gasteiger partial charge is 1.00 e. The van der Waals surface area contributed by atoms with Gasteiger partial charge in [0.15, 0.2) is 0 Å². The first-order chi connectivity index (χ1) is 20.9. The molecule has 0 aliphatic heterocycles. The molecule has 0 saturated heterocycles. The van der Waals surface area contributed by atoms with Crippen molar-refractivity contribution in [3.8, 4) is 22.3 Å². The Morgan fingerprint density at radius 3 is 1.50 bits per heavy atom. The zero-order chi connectivity index (χ0) is 27.9. The smallest absolute Gasteiger partial charge is 1.00 e. The van der Waals surface area contributed by atoms with Gasteiger partial charge in [0.1, 0.15) is 0 Å². The molecular weight excluding hydrogens is 655 g/mol. The minimum absolute atomic E-state index is 0. The molecule has 0 saturated carbocycles. The number of benzene rings is 6. The maximum atomic E-state index is 2.57. The van der Waals surface area contributed by atoms with E-state index in [4.69, 9.17) is 0 Å². The van der Waals surface area contributed by atoms with E-state index in [9.17, 15) is 0 Å². The van der Waals surface area contributed by atoms with Gasteiger partial charge in [-0.05, 0) is 0 Å². The minimum Gasteiger partial charge on any atom is -1.00 e. The Morgan fingerprint density at radius 1 is 0.455 bits per heavy atom. The van der Waals surface area contributed by atoms with Gasteiger partial charge in [0, 0.05) is 0 Å². The summed E-state index contributed by atoms with van der Waals surface area (Å²) in [4.78, 5) is 0. The fourth-order valence-corrected chi connectivity index (χ4v) is 17.2. The molecule has 0 nitrogen and oxygen atoms in total. The Hall–Kier alpha value is -3.61. The van der Waals surface area contributed by atoms with Crippen LogP contribution in [-0.2, 0) is 21.3 Å². The summed E-state index contributed by atoms with van der Waals surface area (Å²) in [5.41, 5.74) is 14.2. The van der Waals surface area contributed by atoms with Gasteiger partial charge < -0.3 is 24.8 Å². The third-order valence-electron chi connectivity index (χ3n) is 8.90. The number of allylic oxidation sites excluding steroid dienone is 1. The van der Waals surface area contributed by atoms with Crippen LogP contribution in [0.2, 0.25) is 0 Å². The standard InChI is InChI=1S/C15H11.C13H9.C13H10.2ClH.Zr/c1-2-6-12(7-3-1)14-10-4-8-13-9-5-11-15(13)14;1-3-7-12-10(5-1)9-11-6-2-4-8-13(11)12;1-3-7-12(8-4-1)11-13-9-5-2-6-10-13;;;/h1-11H;1-9H;1-10H;2*1H;/q;;;;;+2/p-2. The van der Waals surface area contributed by atoms with E-state index in [2.05, 4.69) is 170 Å². The molecule has 0 fully saturated rings. The zero-order valence-electron chi connectivity index (χ0n) is 24.1. The van der Waals surface area contributed by atoms with Crippen molar-refractivity contribution in [2.24, 2.45) is 0 Å². The summed E-state index contributed by atoms with van der Waals surface area (Å²) in [7, 11) is 0. The first-order valence-electron chi connectivity index (χ1n) is 14.8. The molecular formula is C41H30Cl2Zr. The van der Waals surface area contributed by atoms with Gasteiger partial charge >= 0.3 is 257 Å². The Balaban J connectivity index is 0.00000171. The maximum absolute atomic E-state index is 2.82. The number of halogens is 2. The monoisotopic (exact) mass is 682 g/mol. The van der Waals surface area contributed by atoms with Crippen LogP contribution < -0.4 is 24.8 Å². The van der Waals surface area contributed by atoms with Gasteiger partial charge in [-0.25, -0.2) is 0 Å². The van der Waals surface area contributed by atoms with Gasteiger partial charge in [0.25, 0.3) is 0 Å². The van der Waals surface area contributed by atoms with E-state index in [-0.39, 0.29) is 24.8 Å². The third kappa shape index (κ3) is 5.22. The predicted octanol–water partition coefficient (Wildman–Crippen LogP) is 4.09. The topological polar surface area (TPSA) is 0 Å². The summed E-state index contributed by atoms with van der Waals surface area (Å²) in [5, 5.41) is 0. The van der Waals surface area contributed by atoms with Gasteiger partial charge in [-0.3, -0.25) is 0 Å². The molecule has 6 aromatic carbocycles. The van der Waals surface area contributed by atoms with Crippen LogP contribution in [0.4, 0.5) is 0 Å². The molecule has 1 atom stereocenters. The number of rotatable bonds is 5. The van der Waals surface area contributed by atoms with Crippen LogP contribution in [0.15, 0.2) is 164 Å². The average Bonchev–Trinajstić information content (AvgIpc) is 3.64. The van der Waals surface area contributed by atoms with Crippen molar-refractivity contribution in [1.82, 2.24) is 0 Å². The SMILES string of the molecule is C1=C[CH]([Zr+2](=[C](c2ccccc2)c2ccccc2)[CH]2c3ccccc3-c3ccccc32)c2c1cccc2-c1ccccc1.[Cl-].[Cl-]. The van der Waals surface area contributed by atoms with Gasteiger partial charge in [0.05, 0.1) is 0 Å². The third-order valence-corrected chi connectivity index (χ3v) is 17.6. The van der Waals surface area contributed by atoms with Crippen LogP contribution in [-0.4, -0.2) is 3.21 Å². The van der Waals surface area contributed by atoms with Crippen molar-refractivity contribution in [2.45, 2.75) is 7.25 Å². The van der Waals surface area contributed by atoms with Crippen LogP contribution in [0.1, 0.15) is 40.6 Å². The minimum atomic E-state index is -2.82. The van der Waals surface area contributed by atoms with Gasteiger partial charge in [-0.2, -0.15) is 0 Å². The fourth-order valence-electron chi connectivity index (χ4n) is 7.18. The van der Waals surface area contributed by atoms with E-state index < -0.39 is 21.3 Å². The first kappa shape index (κ1) is 30.4. The molecule has 0 heterocycles. The van der Waals surface area contributed by atoms with E-state index in [0.717, 1.165) is 0 Å². The Morgan fingerprint density at radius 2 is 0.932 bits per heavy atom. The molecule has 2 aliphatic carbocycles. The summed E-state index contributed by atoms with van der Waals surface area (Å²) in [5.74, 6) is 0. The van der Waals surface area contributed by atoms with E-state index in [1.54, 1.807) is 3.21 Å². The second kappa shape index (κ2) is 13.2. The van der Waals surface area contributed by atoms with Crippen molar-refractivity contribution in [3.05, 3.63) is 197 Å². The van der Waals surface area contributed by atoms with Crippen molar-refractivity contribution in [3.63, 3.8) is 0 Å². The molecule has 0 N–H and O–H groups in total. The normalized spacial score (nSPS) is 13.8. The molecule has 0 amide bonds. The first-order valence-corrected chi connectivity index (χ1v) is 18.8. The van der Waals surface area contributed by atoms with Gasteiger partial charge in [-0.1, -0.05) is 0 Å². The molecule has 1 unspecified atom stereocenters. The predicted molar refractivity (Wildman–Crippen MR) is 173 cm³/mol. The summed E-state index contributed by atoms with van der Waals surface area (Å²) in [6, 6.07) is 58.8. The van der Waals surface area contributed by atoms with Crippen LogP contribution in [0.3, 0.4) is 0 Å². The average molecular weight is 685 g/mol. The molecule has 0 aromatic heterocycles. The Kier molecular flexibility index (Phi) is 9.11. The molecule has 8 rings (SSSR count). The van der Waals surface area contributed by atoms with Crippen LogP contribution in [0.5, 0.6) is 0 Å². The quantitative estimate of drug-likeness (QED) is 0.257. The molecule has 0 spiro atoms. The van der Waals surface area contributed by atoms with Gasteiger partial charge in [0.2, 0.25) is 0 Å². The van der Waals surface area contributed by atoms with Crippen LogP contribution in [0, 0.1) is 0 Å². The second-order valence-corrected chi connectivity index (χ2v) is 17.6. The second-order valence-electron chi connectivity index (χ2n) is 11.2. The number of hydrogen-bond acceptors (Lipinski definition) is 0. The van der Waals surface area contributed by atoms with Crippen molar-refractivity contribution in [1.29, 1.82) is 0 Å². The summed E-state index contributed by atoms with van der Waals surface area (Å²) in [6.45, 7) is 0. The van der Waals surface area contributed by atoms with E-state index in [0.29, 0.717) is 7.25 Å². The van der Waals surface area contributed by atoms with E-state index in [1.807, 2.05) is 0 Å². The molecule has 2 aliphatic rings. The Bertz CT molecular complexity index is 1890. The van der Waals surface area contributed by atoms with Crippen molar-refractivity contribution >= 4 is 9.28 Å². The Labute approximate surface area is 280 Å². The van der Waals surface area contributed by atoms with E-state index >= 15 is 0 Å². The number of hydrogen-bond donors (Lipinski definition) is 0. The molecule has 0 bridgehead atoms. The molecule has 6 aromatic rings. The van der Waals surface area contributed by atoms with Crippen molar-refractivity contribution in [2.75, 3.05) is 0 Å². The van der Waals surface area contributed by atoms with Crippen LogP contribution >= 0.6 is 0 Å². The summed E-state index contributed by atoms with van der Waals surface area (Å²) < 4.78 is 2.39. The zero-order valence-corrected chi connectivity index (χ0v) is 28.0. The van der Waals surface area contributed by atoms with Crippen LogP contribution in [0.25, 0.3) is 28.3 Å². The summed E-state index contributed by atoms with van der Waals surface area (Å²) in [6.07, 6.45) is 4.98. The number of fused-ring (bicyclic) bond motifs is 4. The van der Waals surface area contributed by atoms with E-state index in [1.165, 1.54) is 55.6 Å². The molecule has 0 radical (unpaired) electrons. The fraction of sp³-hybridized carbons (Fsp3) is 0.0488. The maximum Gasteiger partial charge on any atom is -1.00 e. The van der Waals surface area contributed by atoms with Crippen molar-refractivity contribution < 1.29 is 46.1 Å². The van der Waals surface area contributed by atoms with Gasteiger partial charge in [-0.15, -0.1) is 0 Å². The molecule has 44 heavy (non-hydrogen) atoms. The summed E-state index contributed by atoms with van der Waals surface area (Å²) >= 11 is -2.82. The molecule has 212 valence electrons. The molecule has 3 heteroatoms.